The minimum Gasteiger partial charge on any atom is -0.383 e. The first-order valence-electron chi connectivity index (χ1n) is 7.50. The van der Waals surface area contributed by atoms with Crippen molar-refractivity contribution in [3.05, 3.63) is 29.8 Å². The standard InChI is InChI=1S/C15H17F3N4O2S2/c1-9(25-14-22-21-13(26-14)19-7-8-24-2)12(23)20-11-5-3-10(4-6-11)15(16,17)18/h3-6,9H,7-8H2,1-2H3,(H,19,21)(H,20,23)/t9-/m1/s1. The first-order chi connectivity index (χ1) is 12.3. The number of nitrogens with zero attached hydrogens (tertiary/aromatic N) is 2. The first-order valence-corrected chi connectivity index (χ1v) is 9.20. The van der Waals surface area contributed by atoms with Crippen molar-refractivity contribution in [3.63, 3.8) is 0 Å². The maximum atomic E-state index is 12.5. The summed E-state index contributed by atoms with van der Waals surface area (Å²) in [6.07, 6.45) is -4.40. The van der Waals surface area contributed by atoms with E-state index in [1.807, 2.05) is 0 Å². The number of thioether (sulfide) groups is 1. The van der Waals surface area contributed by atoms with Gasteiger partial charge in [-0.3, -0.25) is 4.79 Å². The molecule has 0 fully saturated rings. The van der Waals surface area contributed by atoms with Crippen molar-refractivity contribution >= 4 is 39.8 Å². The van der Waals surface area contributed by atoms with Crippen LogP contribution in [-0.2, 0) is 15.7 Å². The quantitative estimate of drug-likeness (QED) is 0.514. The summed E-state index contributed by atoms with van der Waals surface area (Å²) in [6, 6.07) is 4.30. The van der Waals surface area contributed by atoms with E-state index < -0.39 is 17.0 Å². The van der Waals surface area contributed by atoms with Crippen molar-refractivity contribution < 1.29 is 22.7 Å². The fraction of sp³-hybridized carbons (Fsp3) is 0.400. The zero-order valence-electron chi connectivity index (χ0n) is 14.0. The molecule has 1 aromatic heterocycles. The Morgan fingerprint density at radius 3 is 2.62 bits per heavy atom. The number of hydrogen-bond acceptors (Lipinski definition) is 7. The van der Waals surface area contributed by atoms with Crippen LogP contribution in [0, 0.1) is 0 Å². The molecule has 0 spiro atoms. The van der Waals surface area contributed by atoms with Gasteiger partial charge in [0.2, 0.25) is 11.0 Å². The van der Waals surface area contributed by atoms with Crippen molar-refractivity contribution in [1.29, 1.82) is 0 Å². The van der Waals surface area contributed by atoms with E-state index in [0.29, 0.717) is 28.3 Å². The molecule has 1 heterocycles. The normalized spacial score (nSPS) is 12.7. The van der Waals surface area contributed by atoms with Gasteiger partial charge in [0.25, 0.3) is 0 Å². The van der Waals surface area contributed by atoms with Crippen LogP contribution in [0.25, 0.3) is 0 Å². The zero-order chi connectivity index (χ0) is 19.2. The average molecular weight is 406 g/mol. The Hall–Kier alpha value is -1.85. The third kappa shape index (κ3) is 6.15. The van der Waals surface area contributed by atoms with Crippen LogP contribution in [0.2, 0.25) is 0 Å². The fourth-order valence-corrected chi connectivity index (χ4v) is 3.70. The summed E-state index contributed by atoms with van der Waals surface area (Å²) in [5.41, 5.74) is -0.463. The summed E-state index contributed by atoms with van der Waals surface area (Å²) in [5.74, 6) is -0.334. The number of alkyl halides is 3. The van der Waals surface area contributed by atoms with E-state index in [1.165, 1.54) is 35.2 Å². The maximum absolute atomic E-state index is 12.5. The van der Waals surface area contributed by atoms with E-state index in [0.717, 1.165) is 12.1 Å². The number of methoxy groups -OCH3 is 1. The van der Waals surface area contributed by atoms with Crippen LogP contribution in [0.1, 0.15) is 12.5 Å². The lowest BCUT2D eigenvalue weighted by atomic mass is 10.2. The Bertz CT molecular complexity index is 722. The number of carbonyl (C=O) groups excluding carboxylic acids is 1. The molecule has 11 heteroatoms. The molecule has 1 amide bonds. The van der Waals surface area contributed by atoms with Gasteiger partial charge in [-0.05, 0) is 31.2 Å². The molecule has 0 unspecified atom stereocenters. The summed E-state index contributed by atoms with van der Waals surface area (Å²) in [4.78, 5) is 12.2. The number of aromatic nitrogens is 2. The summed E-state index contributed by atoms with van der Waals surface area (Å²) in [5, 5.41) is 13.7. The van der Waals surface area contributed by atoms with Crippen molar-refractivity contribution in [2.45, 2.75) is 22.7 Å². The van der Waals surface area contributed by atoms with E-state index >= 15 is 0 Å². The van der Waals surface area contributed by atoms with Gasteiger partial charge in [-0.2, -0.15) is 13.2 Å². The summed E-state index contributed by atoms with van der Waals surface area (Å²) >= 11 is 2.53. The molecule has 1 atom stereocenters. The molecule has 0 saturated carbocycles. The van der Waals surface area contributed by atoms with E-state index in [9.17, 15) is 18.0 Å². The summed E-state index contributed by atoms with van der Waals surface area (Å²) in [6.45, 7) is 2.82. The molecular weight excluding hydrogens is 389 g/mol. The molecular formula is C15H17F3N4O2S2. The van der Waals surface area contributed by atoms with Crippen LogP contribution in [-0.4, -0.2) is 41.6 Å². The van der Waals surface area contributed by atoms with Gasteiger partial charge in [-0.1, -0.05) is 23.1 Å². The van der Waals surface area contributed by atoms with Gasteiger partial charge in [0.15, 0.2) is 4.34 Å². The molecule has 142 valence electrons. The second-order valence-corrected chi connectivity index (χ2v) is 7.68. The highest BCUT2D eigenvalue weighted by Crippen LogP contribution is 2.31. The molecule has 0 radical (unpaired) electrons. The average Bonchev–Trinajstić information content (AvgIpc) is 3.02. The first kappa shape index (κ1) is 20.5. The lowest BCUT2D eigenvalue weighted by Gasteiger charge is -2.11. The van der Waals surface area contributed by atoms with Gasteiger partial charge in [0.1, 0.15) is 0 Å². The van der Waals surface area contributed by atoms with Gasteiger partial charge in [0.05, 0.1) is 17.4 Å². The van der Waals surface area contributed by atoms with E-state index in [1.54, 1.807) is 14.0 Å². The SMILES string of the molecule is COCCNc1nnc(S[C@H](C)C(=O)Nc2ccc(C(F)(F)F)cc2)s1. The fourth-order valence-electron chi connectivity index (χ4n) is 1.78. The monoisotopic (exact) mass is 406 g/mol. The van der Waals surface area contributed by atoms with Crippen LogP contribution in [0.15, 0.2) is 28.6 Å². The maximum Gasteiger partial charge on any atom is 0.416 e. The molecule has 0 bridgehead atoms. The Labute approximate surface area is 156 Å². The highest BCUT2D eigenvalue weighted by Gasteiger charge is 2.30. The second-order valence-electron chi connectivity index (χ2n) is 5.12. The van der Waals surface area contributed by atoms with Crippen LogP contribution < -0.4 is 10.6 Å². The number of halogens is 3. The molecule has 0 aliphatic rings. The smallest absolute Gasteiger partial charge is 0.383 e. The van der Waals surface area contributed by atoms with E-state index in [4.69, 9.17) is 4.74 Å². The number of nitrogens with one attached hydrogen (secondary N) is 2. The van der Waals surface area contributed by atoms with Crippen LogP contribution in [0.3, 0.4) is 0 Å². The predicted molar refractivity (Wildman–Crippen MR) is 95.7 cm³/mol. The number of amides is 1. The number of benzene rings is 1. The number of carbonyl (C=O) groups is 1. The van der Waals surface area contributed by atoms with Crippen molar-refractivity contribution in [2.24, 2.45) is 0 Å². The van der Waals surface area contributed by atoms with E-state index in [-0.39, 0.29) is 5.91 Å². The van der Waals surface area contributed by atoms with Gasteiger partial charge in [0, 0.05) is 19.3 Å². The van der Waals surface area contributed by atoms with Gasteiger partial charge < -0.3 is 15.4 Å². The molecule has 0 aliphatic carbocycles. The Kier molecular flexibility index (Phi) is 7.23. The van der Waals surface area contributed by atoms with Crippen LogP contribution in [0.4, 0.5) is 24.0 Å². The number of hydrogen-bond donors (Lipinski definition) is 2. The molecule has 0 aliphatic heterocycles. The lowest BCUT2D eigenvalue weighted by molar-refractivity contribution is -0.137. The van der Waals surface area contributed by atoms with Gasteiger partial charge in [-0.25, -0.2) is 0 Å². The Morgan fingerprint density at radius 2 is 2.00 bits per heavy atom. The molecule has 26 heavy (non-hydrogen) atoms. The third-order valence-electron chi connectivity index (χ3n) is 3.12. The molecule has 1 aromatic carbocycles. The summed E-state index contributed by atoms with van der Waals surface area (Å²) < 4.78 is 43.1. The number of rotatable bonds is 8. The van der Waals surface area contributed by atoms with Gasteiger partial charge >= 0.3 is 6.18 Å². The van der Waals surface area contributed by atoms with Gasteiger partial charge in [-0.15, -0.1) is 10.2 Å². The predicted octanol–water partition coefficient (Wildman–Crippen LogP) is 3.73. The molecule has 6 nitrogen and oxygen atoms in total. The highest BCUT2D eigenvalue weighted by atomic mass is 32.2. The zero-order valence-corrected chi connectivity index (χ0v) is 15.6. The summed E-state index contributed by atoms with van der Waals surface area (Å²) in [7, 11) is 1.60. The highest BCUT2D eigenvalue weighted by molar-refractivity contribution is 8.02. The van der Waals surface area contributed by atoms with E-state index in [2.05, 4.69) is 20.8 Å². The Morgan fingerprint density at radius 1 is 1.31 bits per heavy atom. The topological polar surface area (TPSA) is 76.1 Å². The number of anilines is 2. The second kappa shape index (κ2) is 9.19. The Balaban J connectivity index is 1.87. The van der Waals surface area contributed by atoms with Crippen molar-refractivity contribution in [1.82, 2.24) is 10.2 Å². The van der Waals surface area contributed by atoms with Crippen LogP contribution >= 0.6 is 23.1 Å². The largest absolute Gasteiger partial charge is 0.416 e. The molecule has 2 N–H and O–H groups in total. The molecule has 2 rings (SSSR count). The van der Waals surface area contributed by atoms with Crippen LogP contribution in [0.5, 0.6) is 0 Å². The third-order valence-corrected chi connectivity index (χ3v) is 5.18. The lowest BCUT2D eigenvalue weighted by Crippen LogP contribution is -2.22. The molecule has 0 saturated heterocycles. The van der Waals surface area contributed by atoms with Crippen molar-refractivity contribution in [2.75, 3.05) is 30.9 Å². The molecule has 2 aromatic rings. The van der Waals surface area contributed by atoms with Crippen molar-refractivity contribution in [3.8, 4) is 0 Å². The number of ether oxygens (including phenoxy) is 1. The minimum atomic E-state index is -4.40. The minimum absolute atomic E-state index is 0.301.